The Hall–Kier alpha value is -1.42. The average molecular weight is 305 g/mol. The van der Waals surface area contributed by atoms with Crippen LogP contribution in [-0.4, -0.2) is 25.9 Å². The van der Waals surface area contributed by atoms with Gasteiger partial charge in [-0.2, -0.15) is 16.8 Å². The molecule has 0 aliphatic heterocycles. The lowest BCUT2D eigenvalue weighted by Gasteiger charge is -2.21. The van der Waals surface area contributed by atoms with Crippen LogP contribution in [0.5, 0.6) is 0 Å². The summed E-state index contributed by atoms with van der Waals surface area (Å²) in [6.45, 7) is 0. The zero-order chi connectivity index (χ0) is 14.4. The number of nitrogens with two attached hydrogens (primary N) is 1. The number of fused-ring (bicyclic) bond motifs is 1. The fourth-order valence-electron chi connectivity index (χ4n) is 2.09. The maximum Gasteiger partial charge on any atom is 0.297 e. The standard InChI is InChI=1S/C10H11NO6S2/c11-8-5-4-6-7(10(8)19(15,16)17)2-1-3-9(6)18(12,13)14/h1-2,4-5,9H,3,11H2,(H,12,13,14)(H,15,16,17). The van der Waals surface area contributed by atoms with Crippen molar-refractivity contribution in [1.82, 2.24) is 0 Å². The van der Waals surface area contributed by atoms with Gasteiger partial charge in [0.1, 0.15) is 10.1 Å². The smallest absolute Gasteiger partial charge is 0.297 e. The van der Waals surface area contributed by atoms with Gasteiger partial charge >= 0.3 is 0 Å². The summed E-state index contributed by atoms with van der Waals surface area (Å²) in [6, 6.07) is 2.50. The maximum atomic E-state index is 11.3. The van der Waals surface area contributed by atoms with E-state index >= 15 is 0 Å². The van der Waals surface area contributed by atoms with Crippen LogP contribution < -0.4 is 5.73 Å². The molecule has 1 atom stereocenters. The molecule has 0 saturated carbocycles. The lowest BCUT2D eigenvalue weighted by atomic mass is 9.96. The highest BCUT2D eigenvalue weighted by atomic mass is 32.2. The molecule has 0 saturated heterocycles. The molecule has 1 aromatic rings. The summed E-state index contributed by atoms with van der Waals surface area (Å²) in [5.74, 6) is 0. The molecule has 9 heteroatoms. The minimum atomic E-state index is -4.60. The molecular formula is C10H11NO6S2. The van der Waals surface area contributed by atoms with E-state index in [2.05, 4.69) is 0 Å². The summed E-state index contributed by atoms with van der Waals surface area (Å²) < 4.78 is 63.5. The van der Waals surface area contributed by atoms with Crippen LogP contribution in [0.15, 0.2) is 23.1 Å². The average Bonchev–Trinajstić information content (AvgIpc) is 2.24. The topological polar surface area (TPSA) is 135 Å². The monoisotopic (exact) mass is 305 g/mol. The molecule has 7 nitrogen and oxygen atoms in total. The summed E-state index contributed by atoms with van der Waals surface area (Å²) in [6.07, 6.45) is 2.77. The van der Waals surface area contributed by atoms with Crippen LogP contribution in [0.4, 0.5) is 5.69 Å². The molecule has 0 bridgehead atoms. The molecular weight excluding hydrogens is 294 g/mol. The van der Waals surface area contributed by atoms with Crippen molar-refractivity contribution in [3.8, 4) is 0 Å². The van der Waals surface area contributed by atoms with Crippen LogP contribution in [0.2, 0.25) is 0 Å². The molecule has 1 aliphatic rings. The van der Waals surface area contributed by atoms with E-state index in [1.165, 1.54) is 24.3 Å². The number of nitrogen functional groups attached to an aromatic ring is 1. The van der Waals surface area contributed by atoms with Gasteiger partial charge < -0.3 is 5.73 Å². The molecule has 1 aromatic carbocycles. The molecule has 2 rings (SSSR count). The second kappa shape index (κ2) is 4.30. The van der Waals surface area contributed by atoms with Crippen LogP contribution in [-0.2, 0) is 20.2 Å². The normalized spacial score (nSPS) is 19.2. The van der Waals surface area contributed by atoms with Crippen molar-refractivity contribution in [2.75, 3.05) is 5.73 Å². The minimum Gasteiger partial charge on any atom is -0.398 e. The highest BCUT2D eigenvalue weighted by Gasteiger charge is 2.32. The molecule has 0 radical (unpaired) electrons. The number of allylic oxidation sites excluding steroid dienone is 1. The van der Waals surface area contributed by atoms with Crippen molar-refractivity contribution in [3.63, 3.8) is 0 Å². The molecule has 0 aromatic heterocycles. The third kappa shape index (κ3) is 2.50. The predicted octanol–water partition coefficient (Wildman–Crippen LogP) is 0.861. The van der Waals surface area contributed by atoms with E-state index in [-0.39, 0.29) is 23.2 Å². The zero-order valence-electron chi connectivity index (χ0n) is 9.52. The van der Waals surface area contributed by atoms with Crippen LogP contribution in [0.25, 0.3) is 6.08 Å². The first-order valence-electron chi connectivity index (χ1n) is 5.15. The van der Waals surface area contributed by atoms with E-state index in [9.17, 15) is 16.8 Å². The predicted molar refractivity (Wildman–Crippen MR) is 68.6 cm³/mol. The summed E-state index contributed by atoms with van der Waals surface area (Å²) >= 11 is 0. The fourth-order valence-corrected chi connectivity index (χ4v) is 3.80. The van der Waals surface area contributed by atoms with Gasteiger partial charge in [0.2, 0.25) is 0 Å². The summed E-state index contributed by atoms with van der Waals surface area (Å²) in [5, 5.41) is -1.27. The number of hydrogen-bond donors (Lipinski definition) is 3. The summed E-state index contributed by atoms with van der Waals surface area (Å²) in [5.41, 5.74) is 5.38. The van der Waals surface area contributed by atoms with Gasteiger partial charge in [-0.1, -0.05) is 18.2 Å². The van der Waals surface area contributed by atoms with Gasteiger partial charge in [0.25, 0.3) is 20.2 Å². The van der Waals surface area contributed by atoms with E-state index in [1.807, 2.05) is 0 Å². The van der Waals surface area contributed by atoms with Crippen molar-refractivity contribution in [2.45, 2.75) is 16.6 Å². The largest absolute Gasteiger partial charge is 0.398 e. The first-order valence-corrected chi connectivity index (χ1v) is 8.09. The Kier molecular flexibility index (Phi) is 3.17. The van der Waals surface area contributed by atoms with Gasteiger partial charge in [0.05, 0.1) is 5.69 Å². The van der Waals surface area contributed by atoms with Crippen molar-refractivity contribution in [1.29, 1.82) is 0 Å². The Morgan fingerprint density at radius 2 is 1.79 bits per heavy atom. The third-order valence-corrected chi connectivity index (χ3v) is 5.00. The van der Waals surface area contributed by atoms with Gasteiger partial charge in [-0.05, 0) is 18.1 Å². The van der Waals surface area contributed by atoms with Crippen LogP contribution in [0.1, 0.15) is 22.8 Å². The lowest BCUT2D eigenvalue weighted by molar-refractivity contribution is 0.466. The molecule has 0 amide bonds. The Bertz CT molecular complexity index is 763. The Morgan fingerprint density at radius 3 is 2.32 bits per heavy atom. The molecule has 0 fully saturated rings. The van der Waals surface area contributed by atoms with Crippen LogP contribution >= 0.6 is 0 Å². The highest BCUT2D eigenvalue weighted by Crippen LogP contribution is 2.38. The zero-order valence-corrected chi connectivity index (χ0v) is 11.1. The molecule has 1 aliphatic carbocycles. The number of benzene rings is 1. The van der Waals surface area contributed by atoms with Gasteiger partial charge in [0.15, 0.2) is 0 Å². The Balaban J connectivity index is 2.82. The van der Waals surface area contributed by atoms with Crippen molar-refractivity contribution in [3.05, 3.63) is 29.3 Å². The van der Waals surface area contributed by atoms with Crippen LogP contribution in [0.3, 0.4) is 0 Å². The lowest BCUT2D eigenvalue weighted by Crippen LogP contribution is -2.17. The fraction of sp³-hybridized carbons (Fsp3) is 0.200. The first kappa shape index (κ1) is 14.0. The Labute approximate surface area is 110 Å². The molecule has 4 N–H and O–H groups in total. The summed E-state index contributed by atoms with van der Waals surface area (Å²) in [4.78, 5) is -0.547. The van der Waals surface area contributed by atoms with Crippen LogP contribution in [0, 0.1) is 0 Å². The number of anilines is 1. The SMILES string of the molecule is Nc1ccc2c(c1S(=O)(=O)O)C=CCC2S(=O)(=O)O. The second-order valence-electron chi connectivity index (χ2n) is 4.10. The molecule has 104 valence electrons. The van der Waals surface area contributed by atoms with E-state index in [4.69, 9.17) is 14.8 Å². The minimum absolute atomic E-state index is 0.0146. The van der Waals surface area contributed by atoms with Gasteiger partial charge in [0, 0.05) is 5.56 Å². The van der Waals surface area contributed by atoms with E-state index in [0.717, 1.165) is 0 Å². The molecule has 1 unspecified atom stereocenters. The molecule has 0 heterocycles. The van der Waals surface area contributed by atoms with E-state index in [0.29, 0.717) is 0 Å². The number of hydrogen-bond acceptors (Lipinski definition) is 5. The first-order chi connectivity index (χ1) is 8.62. The third-order valence-electron chi connectivity index (χ3n) is 2.86. The Morgan fingerprint density at radius 1 is 1.16 bits per heavy atom. The number of rotatable bonds is 2. The summed E-state index contributed by atoms with van der Waals surface area (Å²) in [7, 11) is -8.98. The highest BCUT2D eigenvalue weighted by molar-refractivity contribution is 7.86. The van der Waals surface area contributed by atoms with Crippen molar-refractivity contribution >= 4 is 32.0 Å². The van der Waals surface area contributed by atoms with Crippen molar-refractivity contribution in [2.24, 2.45) is 0 Å². The van der Waals surface area contributed by atoms with Gasteiger partial charge in [-0.3, -0.25) is 9.11 Å². The van der Waals surface area contributed by atoms with Gasteiger partial charge in [-0.25, -0.2) is 0 Å². The van der Waals surface area contributed by atoms with E-state index < -0.39 is 30.4 Å². The second-order valence-corrected chi connectivity index (χ2v) is 7.06. The maximum absolute atomic E-state index is 11.3. The van der Waals surface area contributed by atoms with Crippen molar-refractivity contribution < 1.29 is 25.9 Å². The molecule has 19 heavy (non-hydrogen) atoms. The molecule has 0 spiro atoms. The van der Waals surface area contributed by atoms with E-state index in [1.54, 1.807) is 0 Å². The quantitative estimate of drug-likeness (QED) is 0.544. The van der Waals surface area contributed by atoms with Gasteiger partial charge in [-0.15, -0.1) is 0 Å².